The van der Waals surface area contributed by atoms with Crippen molar-refractivity contribution in [2.45, 2.75) is 73.7 Å². The molecule has 266 valence electrons. The molecule has 3 aromatic rings. The maximum Gasteiger partial charge on any atom is 0.338 e. The molecule has 50 heavy (non-hydrogen) atoms. The molecule has 1 saturated heterocycles. The molecule has 15 heteroatoms. The van der Waals surface area contributed by atoms with Crippen molar-refractivity contribution in [1.82, 2.24) is 10.2 Å². The molecule has 2 aliphatic heterocycles. The van der Waals surface area contributed by atoms with Crippen molar-refractivity contribution in [3.8, 4) is 0 Å². The summed E-state index contributed by atoms with van der Waals surface area (Å²) in [6, 6.07) is 8.99. The minimum atomic E-state index is -3.60. The van der Waals surface area contributed by atoms with Gasteiger partial charge >= 0.3 is 5.97 Å². The van der Waals surface area contributed by atoms with E-state index in [1.807, 2.05) is 0 Å². The Morgan fingerprint density at radius 3 is 2.26 bits per heavy atom. The fourth-order valence-corrected chi connectivity index (χ4v) is 7.89. The Labute approximate surface area is 288 Å². The van der Waals surface area contributed by atoms with Crippen LogP contribution in [-0.4, -0.2) is 69.2 Å². The van der Waals surface area contributed by atoms with Crippen molar-refractivity contribution in [2.75, 3.05) is 12.5 Å². The molecule has 2 N–H and O–H groups in total. The number of halogens is 2. The summed E-state index contributed by atoms with van der Waals surface area (Å²) in [6.45, 7) is 1.24. The number of nitrogens with one attached hydrogen (secondary N) is 1. The molecule has 4 atom stereocenters. The number of benzene rings is 3. The van der Waals surface area contributed by atoms with Gasteiger partial charge < -0.3 is 20.1 Å². The Morgan fingerprint density at radius 2 is 1.62 bits per heavy atom. The summed E-state index contributed by atoms with van der Waals surface area (Å²) in [5.41, 5.74) is 1.68. The minimum absolute atomic E-state index is 0.0157. The number of amides is 2. The molecule has 1 unspecified atom stereocenters. The number of esters is 1. The van der Waals surface area contributed by atoms with Gasteiger partial charge in [0, 0.05) is 35.2 Å². The van der Waals surface area contributed by atoms with Gasteiger partial charge in [-0.25, -0.2) is 30.4 Å². The van der Waals surface area contributed by atoms with Crippen molar-refractivity contribution < 1.29 is 49.8 Å². The predicted molar refractivity (Wildman–Crippen MR) is 175 cm³/mol. The van der Waals surface area contributed by atoms with Gasteiger partial charge in [0.1, 0.15) is 24.3 Å². The van der Waals surface area contributed by atoms with Crippen LogP contribution in [0, 0.1) is 30.4 Å². The number of carbonyl (C=O) groups is 3. The van der Waals surface area contributed by atoms with E-state index in [-0.39, 0.29) is 56.5 Å². The zero-order chi connectivity index (χ0) is 36.3. The predicted octanol–water partition coefficient (Wildman–Crippen LogP) is 3.80. The Kier molecular flexibility index (Phi) is 9.37. The van der Waals surface area contributed by atoms with Crippen molar-refractivity contribution >= 4 is 37.5 Å². The number of nitrogens with zero attached hydrogens (tertiary/aromatic N) is 1. The Hall–Kier alpha value is -4.21. The van der Waals surface area contributed by atoms with E-state index in [1.54, 1.807) is 6.07 Å². The molecule has 2 heterocycles. The molecule has 0 aromatic heterocycles. The molecular weight excluding hydrogens is 695 g/mol. The van der Waals surface area contributed by atoms with E-state index in [1.165, 1.54) is 42.2 Å². The van der Waals surface area contributed by atoms with Crippen molar-refractivity contribution in [3.63, 3.8) is 0 Å². The highest BCUT2D eigenvalue weighted by molar-refractivity contribution is 7.91. The third-order valence-electron chi connectivity index (χ3n) is 9.64. The summed E-state index contributed by atoms with van der Waals surface area (Å²) in [5.74, 6) is -2.43. The smallest absolute Gasteiger partial charge is 0.338 e. The highest BCUT2D eigenvalue weighted by Crippen LogP contribution is 2.49. The largest absolute Gasteiger partial charge is 0.457 e. The summed E-state index contributed by atoms with van der Waals surface area (Å²) < 4.78 is 80.3. The third-order valence-corrected chi connectivity index (χ3v) is 11.9. The van der Waals surface area contributed by atoms with Gasteiger partial charge in [0.15, 0.2) is 19.7 Å². The monoisotopic (exact) mass is 730 g/mol. The van der Waals surface area contributed by atoms with Crippen LogP contribution < -0.4 is 5.32 Å². The third kappa shape index (κ3) is 7.16. The van der Waals surface area contributed by atoms with Gasteiger partial charge in [0.05, 0.1) is 28.0 Å². The van der Waals surface area contributed by atoms with Gasteiger partial charge in [-0.15, -0.1) is 0 Å². The van der Waals surface area contributed by atoms with Gasteiger partial charge in [-0.3, -0.25) is 9.59 Å². The summed E-state index contributed by atoms with van der Waals surface area (Å²) >= 11 is 0. The molecule has 0 bridgehead atoms. The van der Waals surface area contributed by atoms with Crippen LogP contribution in [0.15, 0.2) is 58.3 Å². The van der Waals surface area contributed by atoms with Gasteiger partial charge in [0.2, 0.25) is 5.91 Å². The van der Waals surface area contributed by atoms with E-state index >= 15 is 0 Å². The summed E-state index contributed by atoms with van der Waals surface area (Å²) in [5, 5.41) is 12.7. The molecule has 2 saturated carbocycles. The van der Waals surface area contributed by atoms with Crippen molar-refractivity contribution in [1.29, 1.82) is 0 Å². The van der Waals surface area contributed by atoms with Crippen LogP contribution in [0.25, 0.3) is 0 Å². The lowest BCUT2D eigenvalue weighted by molar-refractivity contribution is -0.126. The van der Waals surface area contributed by atoms with E-state index in [4.69, 9.17) is 4.74 Å². The summed E-state index contributed by atoms with van der Waals surface area (Å²) in [7, 11) is -6.85. The number of carbonyl (C=O) groups excluding carboxylic acids is 3. The number of hydrogen-bond donors (Lipinski definition) is 2. The van der Waals surface area contributed by atoms with E-state index < -0.39 is 67.8 Å². The number of aliphatic hydroxyl groups is 1. The molecule has 7 rings (SSSR count). The molecule has 3 fully saturated rings. The van der Waals surface area contributed by atoms with Crippen LogP contribution in [0.2, 0.25) is 0 Å². The summed E-state index contributed by atoms with van der Waals surface area (Å²) in [4.78, 5) is 39.8. The Balaban J connectivity index is 0.000000257. The van der Waals surface area contributed by atoms with E-state index in [9.17, 15) is 45.1 Å². The number of aliphatic hydroxyl groups excluding tert-OH is 1. The first kappa shape index (κ1) is 35.6. The second-order valence-corrected chi connectivity index (χ2v) is 17.4. The van der Waals surface area contributed by atoms with Crippen LogP contribution in [0.5, 0.6) is 0 Å². The van der Waals surface area contributed by atoms with Gasteiger partial charge in [0.25, 0.3) is 5.91 Å². The van der Waals surface area contributed by atoms with E-state index in [0.29, 0.717) is 12.0 Å². The molecule has 2 aliphatic carbocycles. The molecule has 0 radical (unpaired) electrons. The van der Waals surface area contributed by atoms with Crippen LogP contribution in [-0.2, 0) is 42.4 Å². The zero-order valence-corrected chi connectivity index (χ0v) is 29.1. The van der Waals surface area contributed by atoms with Crippen LogP contribution in [0.4, 0.5) is 8.78 Å². The van der Waals surface area contributed by atoms with Gasteiger partial charge in [-0.1, -0.05) is 12.1 Å². The molecule has 3 aromatic carbocycles. The second kappa shape index (κ2) is 13.2. The highest BCUT2D eigenvalue weighted by Gasteiger charge is 2.56. The number of cyclic esters (lactones) is 1. The quantitative estimate of drug-likeness (QED) is 0.328. The number of ether oxygens (including phenoxy) is 1. The maximum absolute atomic E-state index is 14.8. The first-order valence-corrected chi connectivity index (χ1v) is 19.8. The minimum Gasteiger partial charge on any atom is -0.457 e. The molecule has 4 aliphatic rings. The number of rotatable bonds is 8. The highest BCUT2D eigenvalue weighted by atomic mass is 32.2. The standard InChI is InChI=1S/C26H28F2N2O5S.C9H8O4S/c1-13-7-21(28)19(11-20(13)27)24(14-3-4-14)29-25(32)23-9-16-8-22(16)30(23)26(33)18-10-17(36(2,34)35)6-5-15(18)12-31;1-14(11,12)7-3-2-6-5-13-9(10)8(6)4-7/h5-7,10-11,14,16,22-24,31H,3-4,8-9,12H2,1-2H3,(H,29,32);2-4H,5H2,1H3/t16-,22-,23?,24-;/m1./s1. The van der Waals surface area contributed by atoms with E-state index in [0.717, 1.165) is 49.5 Å². The first-order valence-electron chi connectivity index (χ1n) is 16.0. The lowest BCUT2D eigenvalue weighted by Crippen LogP contribution is -2.49. The fourth-order valence-electron chi connectivity index (χ4n) is 6.60. The average molecular weight is 731 g/mol. The summed E-state index contributed by atoms with van der Waals surface area (Å²) in [6.07, 6.45) is 4.86. The van der Waals surface area contributed by atoms with Crippen molar-refractivity contribution in [3.05, 3.63) is 93.5 Å². The average Bonchev–Trinajstić information content (AvgIpc) is 3.98. The number of aryl methyl sites for hydroxylation is 1. The number of piperidine rings is 1. The number of fused-ring (bicyclic) bond motifs is 2. The zero-order valence-electron chi connectivity index (χ0n) is 27.5. The Bertz CT molecular complexity index is 2140. The lowest BCUT2D eigenvalue weighted by Gasteiger charge is -2.30. The van der Waals surface area contributed by atoms with Crippen LogP contribution in [0.3, 0.4) is 0 Å². The molecule has 11 nitrogen and oxygen atoms in total. The topological polar surface area (TPSA) is 164 Å². The Morgan fingerprint density at radius 1 is 0.960 bits per heavy atom. The number of sulfone groups is 2. The van der Waals surface area contributed by atoms with Crippen LogP contribution >= 0.6 is 0 Å². The molecular formula is C35H36F2N2O9S2. The van der Waals surface area contributed by atoms with Crippen LogP contribution in [0.1, 0.15) is 74.7 Å². The maximum atomic E-state index is 14.8. The lowest BCUT2D eigenvalue weighted by atomic mass is 9.98. The molecule has 0 spiro atoms. The normalized spacial score (nSPS) is 21.4. The van der Waals surface area contributed by atoms with E-state index in [2.05, 4.69) is 5.32 Å². The first-order chi connectivity index (χ1) is 23.5. The second-order valence-electron chi connectivity index (χ2n) is 13.4. The van der Waals surface area contributed by atoms with Gasteiger partial charge in [-0.05, 0) is 92.0 Å². The number of likely N-dealkylation sites (tertiary alicyclic amines) is 1. The number of hydrogen-bond acceptors (Lipinski definition) is 9. The molecule has 2 amide bonds. The van der Waals surface area contributed by atoms with Gasteiger partial charge in [-0.2, -0.15) is 0 Å². The SMILES string of the molecule is CS(=O)(=O)c1ccc2c(c1)C(=O)OC2.Cc1cc(F)c([C@H](NC(=O)C2C[C@H]3C[C@H]3N2C(=O)c2cc(S(C)(=O)=O)ccc2CO)C2CC2)cc1F. The fraction of sp³-hybridized carbons (Fsp3) is 0.400. The van der Waals surface area contributed by atoms with Crippen molar-refractivity contribution in [2.24, 2.45) is 11.8 Å².